The number of benzene rings is 4. The topological polar surface area (TPSA) is 198 Å². The maximum absolute atomic E-state index is 12.5. The average molecular weight is 675 g/mol. The van der Waals surface area contributed by atoms with E-state index in [2.05, 4.69) is 9.97 Å². The minimum absolute atomic E-state index is 0. The molecule has 1 radical (unpaired) electrons. The SMILES string of the molecule is N.O=S(=O)(O)c1cccc2c3nc4nc(nc5[nH]c(nc6nc(nc([nH]3)c12)-c1ccccc1-6)c1ccccc51)-c1ccccc1-4.[Cu]. The number of aromatic amines is 2. The first kappa shape index (κ1) is 29.3. The van der Waals surface area contributed by atoms with Crippen LogP contribution in [0.1, 0.15) is 0 Å². The molecule has 229 valence electrons. The van der Waals surface area contributed by atoms with Crippen LogP contribution in [0.25, 0.3) is 89.7 Å². The van der Waals surface area contributed by atoms with Crippen LogP contribution >= 0.6 is 0 Å². The minimum atomic E-state index is -4.62. The van der Waals surface area contributed by atoms with Gasteiger partial charge in [-0.05, 0) is 6.07 Å². The van der Waals surface area contributed by atoms with E-state index in [0.29, 0.717) is 45.6 Å². The van der Waals surface area contributed by atoms with Crippen molar-refractivity contribution in [2.24, 2.45) is 0 Å². The van der Waals surface area contributed by atoms with Crippen LogP contribution in [0.4, 0.5) is 0 Å². The summed E-state index contributed by atoms with van der Waals surface area (Å²) in [5, 5.41) is 2.36. The Bertz CT molecular complexity index is 2670. The second-order valence-electron chi connectivity index (χ2n) is 10.4. The van der Waals surface area contributed by atoms with E-state index >= 15 is 0 Å². The van der Waals surface area contributed by atoms with E-state index in [9.17, 15) is 13.0 Å². The Hall–Kier alpha value is -5.37. The number of nitrogens with one attached hydrogen (secondary N) is 2. The fraction of sp³-hybridized carbons (Fsp3) is 0. The molecular formula is C32H21CuN9O3S. The molecule has 0 aliphatic carbocycles. The zero-order chi connectivity index (χ0) is 29.6. The Morgan fingerprint density at radius 3 is 1.30 bits per heavy atom. The molecule has 0 amide bonds. The van der Waals surface area contributed by atoms with Gasteiger partial charge in [-0.1, -0.05) is 84.9 Å². The summed E-state index contributed by atoms with van der Waals surface area (Å²) < 4.78 is 35.2. The molecule has 4 aromatic carbocycles. The van der Waals surface area contributed by atoms with Crippen molar-refractivity contribution in [3.8, 4) is 45.6 Å². The van der Waals surface area contributed by atoms with Gasteiger partial charge in [-0.15, -0.1) is 0 Å². The summed E-state index contributed by atoms with van der Waals surface area (Å²) in [6.45, 7) is 0. The molecular weight excluding hydrogens is 654 g/mol. The van der Waals surface area contributed by atoms with Gasteiger partial charge in [-0.25, -0.2) is 29.9 Å². The van der Waals surface area contributed by atoms with Gasteiger partial charge >= 0.3 is 0 Å². The van der Waals surface area contributed by atoms with Crippen molar-refractivity contribution in [1.82, 2.24) is 46.0 Å². The zero-order valence-corrected chi connectivity index (χ0v) is 25.3. The molecule has 0 fully saturated rings. The van der Waals surface area contributed by atoms with Crippen LogP contribution in [0, 0.1) is 0 Å². The number of rotatable bonds is 1. The van der Waals surface area contributed by atoms with Crippen LogP contribution in [0.3, 0.4) is 0 Å². The summed E-state index contributed by atoms with van der Waals surface area (Å²) in [5.74, 6) is 1.60. The van der Waals surface area contributed by atoms with Gasteiger partial charge in [0.1, 0.15) is 27.5 Å². The fourth-order valence-electron chi connectivity index (χ4n) is 5.87. The van der Waals surface area contributed by atoms with Crippen LogP contribution in [0.15, 0.2) is 95.9 Å². The van der Waals surface area contributed by atoms with Gasteiger partial charge in [0.15, 0.2) is 23.3 Å². The minimum Gasteiger partial charge on any atom is -0.344 e. The molecule has 0 atom stereocenters. The summed E-state index contributed by atoms with van der Waals surface area (Å²) in [7, 11) is -4.62. The third-order valence-electron chi connectivity index (χ3n) is 7.82. The molecule has 2 aliphatic heterocycles. The van der Waals surface area contributed by atoms with Gasteiger partial charge in [0.2, 0.25) is 0 Å². The number of hydrogen-bond donors (Lipinski definition) is 4. The Morgan fingerprint density at radius 1 is 0.478 bits per heavy atom. The molecule has 3 aromatic heterocycles. The molecule has 9 rings (SSSR count). The van der Waals surface area contributed by atoms with Gasteiger partial charge in [0.25, 0.3) is 10.1 Å². The molecule has 0 saturated heterocycles. The molecule has 5 heterocycles. The second kappa shape index (κ2) is 10.6. The van der Waals surface area contributed by atoms with E-state index in [1.807, 2.05) is 72.8 Å². The molecule has 14 heteroatoms. The molecule has 6 N–H and O–H groups in total. The van der Waals surface area contributed by atoms with E-state index in [-0.39, 0.29) is 39.1 Å². The van der Waals surface area contributed by atoms with Crippen LogP contribution in [0.2, 0.25) is 0 Å². The van der Waals surface area contributed by atoms with Gasteiger partial charge in [0, 0.05) is 60.9 Å². The van der Waals surface area contributed by atoms with Crippen LogP contribution in [0.5, 0.6) is 0 Å². The molecule has 0 unspecified atom stereocenters. The third-order valence-corrected chi connectivity index (χ3v) is 8.72. The van der Waals surface area contributed by atoms with Crippen molar-refractivity contribution in [2.75, 3.05) is 0 Å². The van der Waals surface area contributed by atoms with Crippen LogP contribution in [-0.4, -0.2) is 52.8 Å². The molecule has 46 heavy (non-hydrogen) atoms. The smallest absolute Gasteiger partial charge is 0.295 e. The van der Waals surface area contributed by atoms with Gasteiger partial charge in [-0.2, -0.15) is 8.42 Å². The Labute approximate surface area is 270 Å². The van der Waals surface area contributed by atoms with Gasteiger partial charge in [-0.3, -0.25) is 4.55 Å². The van der Waals surface area contributed by atoms with Crippen molar-refractivity contribution in [3.05, 3.63) is 91.0 Å². The van der Waals surface area contributed by atoms with Gasteiger partial charge in [0.05, 0.1) is 0 Å². The van der Waals surface area contributed by atoms with Crippen LogP contribution in [-0.2, 0) is 27.2 Å². The van der Waals surface area contributed by atoms with Crippen molar-refractivity contribution < 1.29 is 30.0 Å². The van der Waals surface area contributed by atoms with E-state index in [4.69, 9.17) is 29.9 Å². The molecule has 7 aromatic rings. The molecule has 8 bridgehead atoms. The maximum Gasteiger partial charge on any atom is 0.295 e. The summed E-state index contributed by atoms with van der Waals surface area (Å²) in [5.41, 5.74) is 4.68. The van der Waals surface area contributed by atoms with Crippen LogP contribution < -0.4 is 6.15 Å². The van der Waals surface area contributed by atoms with Crippen molar-refractivity contribution in [1.29, 1.82) is 0 Å². The summed E-state index contributed by atoms with van der Waals surface area (Å²) in [6, 6.07) is 27.6. The molecule has 12 nitrogen and oxygen atoms in total. The first-order chi connectivity index (χ1) is 21.4. The summed E-state index contributed by atoms with van der Waals surface area (Å²) >= 11 is 0. The number of fused-ring (bicyclic) bond motifs is 20. The Kier molecular flexibility index (Phi) is 6.77. The standard InChI is InChI=1S/C32H18N8O3S.Cu.H3N/c41-44(42,43)23-15-7-14-22-24(23)32-39-30-21-13-6-5-12-20(21)28(37-30)35-26-17-9-2-1-8-16(17)25(33-26)34-27-18-10-3-4-11-19(18)29(36-27)38-31(22)40-32;;/h1-15H,(H,41,42,43)(H2,33,34,35,36,37,38,39,40);;1H3. The third kappa shape index (κ3) is 4.39. The number of aromatic nitrogens is 8. The monoisotopic (exact) mass is 674 g/mol. The Balaban J connectivity index is 0.00000169. The largest absolute Gasteiger partial charge is 0.344 e. The van der Waals surface area contributed by atoms with Crippen molar-refractivity contribution in [2.45, 2.75) is 4.90 Å². The summed E-state index contributed by atoms with van der Waals surface area (Å²) in [4.78, 5) is 35.4. The fourth-order valence-corrected chi connectivity index (χ4v) is 6.59. The molecule has 0 saturated carbocycles. The van der Waals surface area contributed by atoms with E-state index in [1.54, 1.807) is 12.1 Å². The molecule has 0 spiro atoms. The predicted octanol–water partition coefficient (Wildman–Crippen LogP) is 6.28. The van der Waals surface area contributed by atoms with Crippen molar-refractivity contribution in [3.63, 3.8) is 0 Å². The average Bonchev–Trinajstić information content (AvgIpc) is 3.76. The zero-order valence-electron chi connectivity index (χ0n) is 23.5. The van der Waals surface area contributed by atoms with Gasteiger partial charge < -0.3 is 16.1 Å². The predicted molar refractivity (Wildman–Crippen MR) is 171 cm³/mol. The normalized spacial score (nSPS) is 11.8. The molecule has 2 aliphatic rings. The number of hydrogen-bond acceptors (Lipinski definition) is 9. The number of nitrogens with zero attached hydrogens (tertiary/aromatic N) is 6. The maximum atomic E-state index is 12.5. The van der Waals surface area contributed by atoms with Crippen molar-refractivity contribution >= 4 is 54.3 Å². The van der Waals surface area contributed by atoms with E-state index in [1.165, 1.54) is 6.07 Å². The summed E-state index contributed by atoms with van der Waals surface area (Å²) in [6.07, 6.45) is 0. The number of H-pyrrole nitrogens is 2. The second-order valence-corrected chi connectivity index (χ2v) is 11.8. The van der Waals surface area contributed by atoms with E-state index in [0.717, 1.165) is 33.0 Å². The first-order valence-electron chi connectivity index (χ1n) is 13.6. The Morgan fingerprint density at radius 2 is 0.848 bits per heavy atom. The quantitative estimate of drug-likeness (QED) is 0.114. The van der Waals surface area contributed by atoms with E-state index < -0.39 is 10.1 Å². The first-order valence-corrected chi connectivity index (χ1v) is 15.1.